The zero-order valence-corrected chi connectivity index (χ0v) is 16.4. The average molecular weight is 371 g/mol. The van der Waals surface area contributed by atoms with Gasteiger partial charge in [0.25, 0.3) is 5.91 Å². The summed E-state index contributed by atoms with van der Waals surface area (Å²) in [4.78, 5) is 21.7. The third kappa shape index (κ3) is 3.63. The van der Waals surface area contributed by atoms with Crippen molar-refractivity contribution >= 4 is 17.4 Å². The molecule has 2 aromatic carbocycles. The van der Waals surface area contributed by atoms with E-state index in [1.807, 2.05) is 50.2 Å². The van der Waals surface area contributed by atoms with Gasteiger partial charge in [-0.05, 0) is 61.2 Å². The van der Waals surface area contributed by atoms with Crippen LogP contribution in [0.4, 0.5) is 11.5 Å². The maximum Gasteiger partial charge on any atom is 0.259 e. The number of aromatic nitrogens is 1. The minimum atomic E-state index is -0.0175. The molecule has 28 heavy (non-hydrogen) atoms. The number of pyridine rings is 1. The molecule has 0 spiro atoms. The van der Waals surface area contributed by atoms with Crippen molar-refractivity contribution in [3.63, 3.8) is 0 Å². The van der Waals surface area contributed by atoms with E-state index in [-0.39, 0.29) is 5.91 Å². The van der Waals surface area contributed by atoms with Crippen molar-refractivity contribution in [1.82, 2.24) is 4.98 Å². The molecule has 0 aliphatic carbocycles. The lowest BCUT2D eigenvalue weighted by atomic mass is 10.00. The number of rotatable bonds is 4. The second-order valence-corrected chi connectivity index (χ2v) is 7.23. The van der Waals surface area contributed by atoms with Crippen LogP contribution in [0.25, 0.3) is 0 Å². The lowest BCUT2D eigenvalue weighted by molar-refractivity contribution is 0.0988. The first-order valence-corrected chi connectivity index (χ1v) is 9.82. The van der Waals surface area contributed by atoms with Gasteiger partial charge >= 0.3 is 0 Å². The number of hydrogen-bond acceptors (Lipinski definition) is 3. The van der Waals surface area contributed by atoms with Gasteiger partial charge in [0.05, 0.1) is 5.56 Å². The molecular formula is C24H25N3O. The number of aryl methyl sites for hydroxylation is 1. The maximum absolute atomic E-state index is 13.0. The van der Waals surface area contributed by atoms with Crippen LogP contribution in [0.2, 0.25) is 0 Å². The SMILES string of the molecule is CCN(C(=O)c1ccc(N2CCc3ccccc3C2)nc1)c1cccc(C)c1. The standard InChI is InChI=1S/C24H25N3O/c1-3-27(22-10-6-7-18(2)15-22)24(28)20-11-12-23(25-16-20)26-14-13-19-8-4-5-9-21(19)17-26/h4-12,15-16H,3,13-14,17H2,1-2H3. The smallest absolute Gasteiger partial charge is 0.259 e. The normalized spacial score (nSPS) is 13.1. The van der Waals surface area contributed by atoms with Crippen molar-refractivity contribution in [1.29, 1.82) is 0 Å². The fourth-order valence-corrected chi connectivity index (χ4v) is 3.79. The van der Waals surface area contributed by atoms with Gasteiger partial charge in [0, 0.05) is 31.5 Å². The van der Waals surface area contributed by atoms with Crippen molar-refractivity contribution in [2.24, 2.45) is 0 Å². The van der Waals surface area contributed by atoms with Gasteiger partial charge in [-0.15, -0.1) is 0 Å². The first-order chi connectivity index (χ1) is 13.7. The van der Waals surface area contributed by atoms with Crippen LogP contribution in [0.15, 0.2) is 66.9 Å². The Morgan fingerprint density at radius 3 is 2.61 bits per heavy atom. The predicted octanol–water partition coefficient (Wildman–Crippen LogP) is 4.62. The largest absolute Gasteiger partial charge is 0.352 e. The van der Waals surface area contributed by atoms with Crippen molar-refractivity contribution in [2.75, 3.05) is 22.9 Å². The fraction of sp³-hybridized carbons (Fsp3) is 0.250. The van der Waals surface area contributed by atoms with Crippen LogP contribution in [-0.4, -0.2) is 24.0 Å². The third-order valence-corrected chi connectivity index (χ3v) is 5.32. The fourth-order valence-electron chi connectivity index (χ4n) is 3.79. The molecule has 0 fully saturated rings. The van der Waals surface area contributed by atoms with Crippen LogP contribution in [0.5, 0.6) is 0 Å². The van der Waals surface area contributed by atoms with E-state index in [0.717, 1.165) is 36.6 Å². The van der Waals surface area contributed by atoms with Crippen LogP contribution in [0.3, 0.4) is 0 Å². The monoisotopic (exact) mass is 371 g/mol. The number of amides is 1. The van der Waals surface area contributed by atoms with Gasteiger partial charge in [0.1, 0.15) is 5.82 Å². The minimum Gasteiger partial charge on any atom is -0.352 e. The third-order valence-electron chi connectivity index (χ3n) is 5.32. The Labute approximate surface area is 166 Å². The Morgan fingerprint density at radius 1 is 1.07 bits per heavy atom. The molecular weight excluding hydrogens is 346 g/mol. The van der Waals surface area contributed by atoms with E-state index < -0.39 is 0 Å². The van der Waals surface area contributed by atoms with Crippen LogP contribution in [-0.2, 0) is 13.0 Å². The minimum absolute atomic E-state index is 0.0175. The summed E-state index contributed by atoms with van der Waals surface area (Å²) in [5, 5.41) is 0. The second-order valence-electron chi connectivity index (χ2n) is 7.23. The Bertz CT molecular complexity index is 981. The second kappa shape index (κ2) is 7.85. The molecule has 4 rings (SSSR count). The quantitative estimate of drug-likeness (QED) is 0.671. The van der Waals surface area contributed by atoms with Crippen LogP contribution in [0.1, 0.15) is 34.0 Å². The summed E-state index contributed by atoms with van der Waals surface area (Å²) in [6.45, 7) is 6.46. The molecule has 0 radical (unpaired) electrons. The van der Waals surface area contributed by atoms with E-state index in [1.54, 1.807) is 11.1 Å². The zero-order chi connectivity index (χ0) is 19.5. The van der Waals surface area contributed by atoms with E-state index in [2.05, 4.69) is 34.1 Å². The van der Waals surface area contributed by atoms with E-state index >= 15 is 0 Å². The van der Waals surface area contributed by atoms with Crippen LogP contribution in [0, 0.1) is 6.92 Å². The molecule has 1 amide bonds. The van der Waals surface area contributed by atoms with Gasteiger partial charge in [-0.1, -0.05) is 36.4 Å². The molecule has 0 bridgehead atoms. The Hall–Kier alpha value is -3.14. The molecule has 1 aliphatic rings. The van der Waals surface area contributed by atoms with E-state index in [1.165, 1.54) is 11.1 Å². The highest BCUT2D eigenvalue weighted by Gasteiger charge is 2.19. The summed E-state index contributed by atoms with van der Waals surface area (Å²) in [6.07, 6.45) is 2.73. The number of benzene rings is 2. The number of carbonyl (C=O) groups is 1. The summed E-state index contributed by atoms with van der Waals surface area (Å²) >= 11 is 0. The molecule has 1 aliphatic heterocycles. The molecule has 1 aromatic heterocycles. The van der Waals surface area contributed by atoms with Gasteiger partial charge in [-0.3, -0.25) is 4.79 Å². The molecule has 0 atom stereocenters. The molecule has 3 aromatic rings. The Morgan fingerprint density at radius 2 is 1.89 bits per heavy atom. The van der Waals surface area contributed by atoms with E-state index in [0.29, 0.717) is 12.1 Å². The molecule has 0 unspecified atom stereocenters. The van der Waals surface area contributed by atoms with Gasteiger partial charge in [0.2, 0.25) is 0 Å². The van der Waals surface area contributed by atoms with Gasteiger partial charge in [-0.2, -0.15) is 0 Å². The van der Waals surface area contributed by atoms with Crippen LogP contribution < -0.4 is 9.80 Å². The number of carbonyl (C=O) groups excluding carboxylic acids is 1. The van der Waals surface area contributed by atoms with Crippen molar-refractivity contribution in [2.45, 2.75) is 26.8 Å². The first-order valence-electron chi connectivity index (χ1n) is 9.82. The summed E-state index contributed by atoms with van der Waals surface area (Å²) in [5.41, 5.74) is 5.45. The van der Waals surface area contributed by atoms with Gasteiger partial charge in [0.15, 0.2) is 0 Å². The summed E-state index contributed by atoms with van der Waals surface area (Å²) in [7, 11) is 0. The average Bonchev–Trinajstić information content (AvgIpc) is 2.74. The van der Waals surface area contributed by atoms with E-state index in [4.69, 9.17) is 0 Å². The summed E-state index contributed by atoms with van der Waals surface area (Å²) in [5.74, 6) is 0.904. The van der Waals surface area contributed by atoms with Gasteiger partial charge < -0.3 is 9.80 Å². The van der Waals surface area contributed by atoms with E-state index in [9.17, 15) is 4.79 Å². The van der Waals surface area contributed by atoms with Crippen LogP contribution >= 0.6 is 0 Å². The van der Waals surface area contributed by atoms with Gasteiger partial charge in [-0.25, -0.2) is 4.98 Å². The highest BCUT2D eigenvalue weighted by molar-refractivity contribution is 6.06. The Kier molecular flexibility index (Phi) is 5.11. The lowest BCUT2D eigenvalue weighted by Gasteiger charge is -2.30. The molecule has 0 saturated carbocycles. The number of hydrogen-bond donors (Lipinski definition) is 0. The molecule has 4 nitrogen and oxygen atoms in total. The van der Waals surface area contributed by atoms with Crippen molar-refractivity contribution in [3.05, 3.63) is 89.1 Å². The number of nitrogens with zero attached hydrogens (tertiary/aromatic N) is 3. The van der Waals surface area contributed by atoms with Crippen molar-refractivity contribution < 1.29 is 4.79 Å². The molecule has 0 N–H and O–H groups in total. The molecule has 2 heterocycles. The highest BCUT2D eigenvalue weighted by atomic mass is 16.2. The summed E-state index contributed by atoms with van der Waals surface area (Å²) < 4.78 is 0. The topological polar surface area (TPSA) is 36.4 Å². The molecule has 4 heteroatoms. The molecule has 142 valence electrons. The summed E-state index contributed by atoms with van der Waals surface area (Å²) in [6, 6.07) is 20.4. The lowest BCUT2D eigenvalue weighted by Crippen LogP contribution is -2.32. The van der Waals surface area contributed by atoms with Crippen molar-refractivity contribution in [3.8, 4) is 0 Å². The maximum atomic E-state index is 13.0. The predicted molar refractivity (Wildman–Crippen MR) is 114 cm³/mol. The molecule has 0 saturated heterocycles. The Balaban J connectivity index is 1.52. The zero-order valence-electron chi connectivity index (χ0n) is 16.4. The highest BCUT2D eigenvalue weighted by Crippen LogP contribution is 2.24. The first kappa shape index (κ1) is 18.2. The number of fused-ring (bicyclic) bond motifs is 1. The number of anilines is 2.